The van der Waals surface area contributed by atoms with Crippen LogP contribution in [0.5, 0.6) is 0 Å². The summed E-state index contributed by atoms with van der Waals surface area (Å²) in [6.07, 6.45) is 0.886. The standard InChI is InChI=1S/C7H7Cl2NO4S2/c1-15(11,12)6-3-4(16(10,13)14)2-5(8)7(6)9/h2-3H,1H3,(H2,10,13,14). The summed E-state index contributed by atoms with van der Waals surface area (Å²) >= 11 is 11.3. The van der Waals surface area contributed by atoms with Crippen LogP contribution >= 0.6 is 23.2 Å². The Morgan fingerprint density at radius 2 is 1.62 bits per heavy atom. The number of halogens is 2. The number of hydrogen-bond donors (Lipinski definition) is 1. The molecular formula is C7H7Cl2NO4S2. The van der Waals surface area contributed by atoms with Crippen LogP contribution in [0, 0.1) is 0 Å². The highest BCUT2D eigenvalue weighted by Gasteiger charge is 2.20. The summed E-state index contributed by atoms with van der Waals surface area (Å²) in [5, 5.41) is 4.45. The molecule has 0 aromatic heterocycles. The van der Waals surface area contributed by atoms with Crippen molar-refractivity contribution in [3.05, 3.63) is 22.2 Å². The molecule has 0 atom stereocenters. The lowest BCUT2D eigenvalue weighted by atomic mass is 10.3. The van der Waals surface area contributed by atoms with E-state index in [0.717, 1.165) is 18.4 Å². The van der Waals surface area contributed by atoms with Crippen molar-refractivity contribution in [1.82, 2.24) is 0 Å². The van der Waals surface area contributed by atoms with Crippen LogP contribution in [0.2, 0.25) is 10.0 Å². The van der Waals surface area contributed by atoms with Crippen LogP contribution in [0.25, 0.3) is 0 Å². The minimum Gasteiger partial charge on any atom is -0.225 e. The summed E-state index contributed by atoms with van der Waals surface area (Å²) in [4.78, 5) is -0.770. The van der Waals surface area contributed by atoms with Gasteiger partial charge in [0.2, 0.25) is 10.0 Å². The lowest BCUT2D eigenvalue weighted by molar-refractivity contribution is 0.597. The minimum atomic E-state index is -4.03. The molecule has 1 aromatic rings. The van der Waals surface area contributed by atoms with E-state index in [-0.39, 0.29) is 14.9 Å². The van der Waals surface area contributed by atoms with Crippen LogP contribution in [0.4, 0.5) is 0 Å². The Kier molecular flexibility index (Phi) is 3.56. The second-order valence-electron chi connectivity index (χ2n) is 3.03. The Morgan fingerprint density at radius 3 is 2.00 bits per heavy atom. The first-order valence-corrected chi connectivity index (χ1v) is 7.95. The molecule has 0 radical (unpaired) electrons. The van der Waals surface area contributed by atoms with E-state index in [1.807, 2.05) is 0 Å². The van der Waals surface area contributed by atoms with Crippen molar-refractivity contribution in [2.75, 3.05) is 6.26 Å². The highest BCUT2D eigenvalue weighted by Crippen LogP contribution is 2.31. The third kappa shape index (κ3) is 2.86. The topological polar surface area (TPSA) is 94.3 Å². The summed E-state index contributed by atoms with van der Waals surface area (Å²) < 4.78 is 44.7. The highest BCUT2D eigenvalue weighted by atomic mass is 35.5. The summed E-state index contributed by atoms with van der Waals surface area (Å²) in [5.74, 6) is 0. The maximum Gasteiger partial charge on any atom is 0.238 e. The molecule has 0 spiro atoms. The fourth-order valence-electron chi connectivity index (χ4n) is 0.974. The SMILES string of the molecule is CS(=O)(=O)c1cc(S(N)(=O)=O)cc(Cl)c1Cl. The molecule has 5 nitrogen and oxygen atoms in total. The van der Waals surface area contributed by atoms with Crippen molar-refractivity contribution >= 4 is 43.1 Å². The van der Waals surface area contributed by atoms with Crippen LogP contribution in [0.3, 0.4) is 0 Å². The normalized spacial score (nSPS) is 12.8. The van der Waals surface area contributed by atoms with Gasteiger partial charge in [0, 0.05) is 6.26 Å². The zero-order valence-electron chi connectivity index (χ0n) is 7.94. The third-order valence-electron chi connectivity index (χ3n) is 1.70. The minimum absolute atomic E-state index is 0.186. The van der Waals surface area contributed by atoms with E-state index in [0.29, 0.717) is 0 Å². The van der Waals surface area contributed by atoms with Crippen molar-refractivity contribution in [2.24, 2.45) is 5.14 Å². The molecule has 0 unspecified atom stereocenters. The van der Waals surface area contributed by atoms with E-state index in [9.17, 15) is 16.8 Å². The molecule has 0 heterocycles. The molecule has 0 saturated heterocycles. The van der Waals surface area contributed by atoms with E-state index in [1.54, 1.807) is 0 Å². The van der Waals surface area contributed by atoms with Crippen molar-refractivity contribution in [3.63, 3.8) is 0 Å². The average molecular weight is 304 g/mol. The average Bonchev–Trinajstić information content (AvgIpc) is 2.05. The van der Waals surface area contributed by atoms with E-state index >= 15 is 0 Å². The van der Waals surface area contributed by atoms with Crippen LogP contribution in [0.15, 0.2) is 21.9 Å². The van der Waals surface area contributed by atoms with Crippen molar-refractivity contribution in [2.45, 2.75) is 9.79 Å². The zero-order valence-corrected chi connectivity index (χ0v) is 11.1. The maximum atomic E-state index is 11.3. The Bertz CT molecular complexity index is 637. The summed E-state index contributed by atoms with van der Waals surface area (Å²) in [5.41, 5.74) is 0. The summed E-state index contributed by atoms with van der Waals surface area (Å²) in [7, 11) is -7.71. The van der Waals surface area contributed by atoms with E-state index in [2.05, 4.69) is 0 Å². The zero-order chi connectivity index (χ0) is 12.7. The van der Waals surface area contributed by atoms with Gasteiger partial charge in [-0.25, -0.2) is 22.0 Å². The van der Waals surface area contributed by atoms with E-state index in [1.165, 1.54) is 0 Å². The molecule has 9 heteroatoms. The molecule has 1 rings (SSSR count). The van der Waals surface area contributed by atoms with Crippen LogP contribution < -0.4 is 5.14 Å². The molecule has 2 N–H and O–H groups in total. The second kappa shape index (κ2) is 4.15. The molecule has 0 aliphatic carbocycles. The number of primary sulfonamides is 1. The lowest BCUT2D eigenvalue weighted by Gasteiger charge is -2.06. The molecule has 1 aromatic carbocycles. The first-order valence-electron chi connectivity index (χ1n) is 3.75. The van der Waals surface area contributed by atoms with Gasteiger partial charge in [0.15, 0.2) is 9.84 Å². The van der Waals surface area contributed by atoms with E-state index in [4.69, 9.17) is 28.3 Å². The molecule has 0 saturated carbocycles. The van der Waals surface area contributed by atoms with Gasteiger partial charge in [-0.05, 0) is 12.1 Å². The number of hydrogen-bond acceptors (Lipinski definition) is 4. The first kappa shape index (κ1) is 13.7. The quantitative estimate of drug-likeness (QED) is 0.883. The largest absolute Gasteiger partial charge is 0.238 e. The second-order valence-corrected chi connectivity index (χ2v) is 7.37. The van der Waals surface area contributed by atoms with Gasteiger partial charge in [-0.1, -0.05) is 23.2 Å². The molecule has 0 amide bonds. The van der Waals surface area contributed by atoms with Crippen LogP contribution in [-0.4, -0.2) is 23.1 Å². The van der Waals surface area contributed by atoms with Gasteiger partial charge < -0.3 is 0 Å². The Morgan fingerprint density at radius 1 is 1.12 bits per heavy atom. The van der Waals surface area contributed by atoms with Gasteiger partial charge in [0.05, 0.1) is 19.8 Å². The number of benzene rings is 1. The fraction of sp³-hybridized carbons (Fsp3) is 0.143. The molecule has 0 fully saturated rings. The Balaban J connectivity index is 3.72. The molecule has 16 heavy (non-hydrogen) atoms. The molecule has 0 bridgehead atoms. The third-order valence-corrected chi connectivity index (χ3v) is 4.62. The molecule has 0 aliphatic rings. The van der Waals surface area contributed by atoms with Crippen molar-refractivity contribution < 1.29 is 16.8 Å². The van der Waals surface area contributed by atoms with Gasteiger partial charge >= 0.3 is 0 Å². The van der Waals surface area contributed by atoms with Gasteiger partial charge in [0.1, 0.15) is 0 Å². The summed E-state index contributed by atoms with van der Waals surface area (Å²) in [6, 6.07) is 1.87. The van der Waals surface area contributed by atoms with Gasteiger partial charge in [-0.15, -0.1) is 0 Å². The van der Waals surface area contributed by atoms with Gasteiger partial charge in [-0.2, -0.15) is 0 Å². The molecular weight excluding hydrogens is 297 g/mol. The Hall–Kier alpha value is -0.340. The van der Waals surface area contributed by atoms with Crippen molar-refractivity contribution in [3.8, 4) is 0 Å². The molecule has 90 valence electrons. The Labute approximate surface area is 103 Å². The maximum absolute atomic E-state index is 11.3. The fourth-order valence-corrected chi connectivity index (χ4v) is 3.26. The summed E-state index contributed by atoms with van der Waals surface area (Å²) in [6.45, 7) is 0. The highest BCUT2D eigenvalue weighted by molar-refractivity contribution is 7.91. The van der Waals surface area contributed by atoms with Crippen LogP contribution in [-0.2, 0) is 19.9 Å². The van der Waals surface area contributed by atoms with Crippen LogP contribution in [0.1, 0.15) is 0 Å². The smallest absolute Gasteiger partial charge is 0.225 e. The predicted octanol–water partition coefficient (Wildman–Crippen LogP) is 1.04. The number of sulfonamides is 1. The van der Waals surface area contributed by atoms with Crippen molar-refractivity contribution in [1.29, 1.82) is 0 Å². The van der Waals surface area contributed by atoms with Gasteiger partial charge in [0.25, 0.3) is 0 Å². The lowest BCUT2D eigenvalue weighted by Crippen LogP contribution is -2.13. The van der Waals surface area contributed by atoms with E-state index < -0.39 is 24.8 Å². The number of nitrogens with two attached hydrogens (primary N) is 1. The predicted molar refractivity (Wildman–Crippen MR) is 60.9 cm³/mol. The first-order chi connectivity index (χ1) is 7.03. The number of sulfone groups is 1. The monoisotopic (exact) mass is 303 g/mol. The molecule has 0 aliphatic heterocycles. The number of rotatable bonds is 2. The van der Waals surface area contributed by atoms with Gasteiger partial charge in [-0.3, -0.25) is 0 Å².